The van der Waals surface area contributed by atoms with Crippen molar-refractivity contribution in [1.29, 1.82) is 0 Å². The Morgan fingerprint density at radius 2 is 1.74 bits per heavy atom. The van der Waals surface area contributed by atoms with Crippen LogP contribution in [0.5, 0.6) is 0 Å². The number of carbonyl (C=O) groups excluding carboxylic acids is 2. The van der Waals surface area contributed by atoms with Crippen molar-refractivity contribution in [3.8, 4) is 11.3 Å². The first kappa shape index (κ1) is 26.8. The van der Waals surface area contributed by atoms with Gasteiger partial charge in [0.05, 0.1) is 27.6 Å². The molecule has 39 heavy (non-hydrogen) atoms. The average Bonchev–Trinajstić information content (AvgIpc) is 3.24. The van der Waals surface area contributed by atoms with E-state index in [0.29, 0.717) is 34.5 Å². The van der Waals surface area contributed by atoms with Crippen LogP contribution >= 0.6 is 11.8 Å². The molecule has 1 aromatic carbocycles. The van der Waals surface area contributed by atoms with Gasteiger partial charge < -0.3 is 10.6 Å². The summed E-state index contributed by atoms with van der Waals surface area (Å²) in [6.07, 6.45) is 2.27. The van der Waals surface area contributed by atoms with Gasteiger partial charge in [0.2, 0.25) is 5.95 Å². The van der Waals surface area contributed by atoms with Gasteiger partial charge in [0, 0.05) is 30.4 Å². The third-order valence-electron chi connectivity index (χ3n) is 6.55. The fourth-order valence-corrected chi connectivity index (χ4v) is 5.30. The van der Waals surface area contributed by atoms with Gasteiger partial charge in [-0.25, -0.2) is 9.97 Å². The van der Waals surface area contributed by atoms with Gasteiger partial charge in [-0.05, 0) is 67.8 Å². The van der Waals surface area contributed by atoms with Gasteiger partial charge in [-0.15, -0.1) is 0 Å². The number of anilines is 1. The molecule has 0 atom stereocenters. The van der Waals surface area contributed by atoms with Crippen molar-refractivity contribution >= 4 is 34.9 Å². The first-order valence-electron chi connectivity index (χ1n) is 12.4. The second-order valence-corrected chi connectivity index (χ2v) is 10.3. The van der Waals surface area contributed by atoms with Crippen molar-refractivity contribution < 1.29 is 22.8 Å². The molecule has 1 aliphatic carbocycles. The maximum atomic E-state index is 13.4. The predicted molar refractivity (Wildman–Crippen MR) is 142 cm³/mol. The molecule has 0 spiro atoms. The minimum Gasteiger partial charge on any atom is -0.351 e. The number of imide groups is 1. The molecule has 8 nitrogen and oxygen atoms in total. The summed E-state index contributed by atoms with van der Waals surface area (Å²) in [4.78, 5) is 36.6. The van der Waals surface area contributed by atoms with E-state index < -0.39 is 22.9 Å². The Kier molecular flexibility index (Phi) is 7.94. The van der Waals surface area contributed by atoms with E-state index in [4.69, 9.17) is 0 Å². The maximum absolute atomic E-state index is 13.4. The maximum Gasteiger partial charge on any atom is 0.417 e. The lowest BCUT2D eigenvalue weighted by Crippen LogP contribution is -2.37. The van der Waals surface area contributed by atoms with Crippen molar-refractivity contribution in [2.24, 2.45) is 0 Å². The topological polar surface area (TPSA) is 109 Å². The van der Waals surface area contributed by atoms with E-state index in [-0.39, 0.29) is 17.6 Å². The molecule has 2 fully saturated rings. The molecule has 1 aliphatic heterocycles. The number of aromatic nitrogens is 3. The number of carbonyl (C=O) groups is 2. The number of alkyl halides is 3. The van der Waals surface area contributed by atoms with Gasteiger partial charge in [0.25, 0.3) is 11.1 Å². The standard InChI is InChI=1S/C27H25F3N6O2S/c28-27(29,30)21-6-2-1-5-20(21)22-7-3-4-19(33-22)15-32-16-8-10-17(11-9-16)34-25-31-13-12-18(35-25)14-23-24(37)36-26(38)39-23/h1-7,12-14,16-17,32H,8-11,15H2,(H,31,34,35)(H,36,37,38)/b23-14-. The average molecular weight is 555 g/mol. The SMILES string of the molecule is O=C1NC(=O)/C(=C/c2ccnc(NC3CCC(NCc4cccc(-c5ccccc5C(F)(F)F)n4)CC3)n2)S1. The van der Waals surface area contributed by atoms with Crippen LogP contribution in [0.3, 0.4) is 0 Å². The highest BCUT2D eigenvalue weighted by Crippen LogP contribution is 2.36. The van der Waals surface area contributed by atoms with Crippen LogP contribution in [0.2, 0.25) is 0 Å². The van der Waals surface area contributed by atoms with E-state index in [0.717, 1.165) is 43.5 Å². The van der Waals surface area contributed by atoms with Gasteiger partial charge in [0.15, 0.2) is 0 Å². The molecule has 3 aromatic rings. The number of amides is 2. The molecule has 2 aliphatic rings. The fraction of sp³-hybridized carbons (Fsp3) is 0.296. The molecule has 0 radical (unpaired) electrons. The molecule has 202 valence electrons. The number of hydrogen-bond donors (Lipinski definition) is 3. The zero-order valence-corrected chi connectivity index (χ0v) is 21.5. The lowest BCUT2D eigenvalue weighted by Gasteiger charge is -2.29. The minimum atomic E-state index is -4.45. The third-order valence-corrected chi connectivity index (χ3v) is 7.36. The highest BCUT2D eigenvalue weighted by molar-refractivity contribution is 8.18. The van der Waals surface area contributed by atoms with Crippen molar-refractivity contribution in [2.45, 2.75) is 50.5 Å². The molecule has 5 rings (SSSR count). The molecule has 0 bridgehead atoms. The molecule has 12 heteroatoms. The highest BCUT2D eigenvalue weighted by atomic mass is 32.2. The van der Waals surface area contributed by atoms with Crippen molar-refractivity contribution in [1.82, 2.24) is 25.6 Å². The van der Waals surface area contributed by atoms with E-state index in [9.17, 15) is 22.8 Å². The molecule has 2 amide bonds. The zero-order valence-electron chi connectivity index (χ0n) is 20.7. The summed E-state index contributed by atoms with van der Waals surface area (Å²) < 4.78 is 40.3. The number of nitrogens with zero attached hydrogens (tertiary/aromatic N) is 3. The van der Waals surface area contributed by atoms with Crippen molar-refractivity contribution in [3.05, 3.63) is 76.6 Å². The number of rotatable bonds is 7. The van der Waals surface area contributed by atoms with E-state index in [1.165, 1.54) is 12.1 Å². The number of thioether (sulfide) groups is 1. The van der Waals surface area contributed by atoms with Crippen LogP contribution in [0.4, 0.5) is 23.9 Å². The van der Waals surface area contributed by atoms with E-state index in [2.05, 4.69) is 30.9 Å². The van der Waals surface area contributed by atoms with Crippen LogP contribution < -0.4 is 16.0 Å². The lowest BCUT2D eigenvalue weighted by atomic mass is 9.91. The summed E-state index contributed by atoms with van der Waals surface area (Å²) in [5.74, 6) is 0.0210. The molecule has 1 saturated heterocycles. The zero-order chi connectivity index (χ0) is 27.4. The van der Waals surface area contributed by atoms with Crippen LogP contribution in [0.1, 0.15) is 42.6 Å². The first-order valence-corrected chi connectivity index (χ1v) is 13.3. The smallest absolute Gasteiger partial charge is 0.351 e. The Morgan fingerprint density at radius 3 is 2.49 bits per heavy atom. The Hall–Kier alpha value is -3.77. The van der Waals surface area contributed by atoms with E-state index in [1.54, 1.807) is 36.5 Å². The van der Waals surface area contributed by atoms with E-state index in [1.807, 2.05) is 6.07 Å². The second kappa shape index (κ2) is 11.5. The minimum absolute atomic E-state index is 0.0691. The Labute approximate surface area is 226 Å². The number of pyridine rings is 1. The van der Waals surface area contributed by atoms with Gasteiger partial charge in [-0.2, -0.15) is 13.2 Å². The fourth-order valence-electron chi connectivity index (χ4n) is 4.63. The molecular weight excluding hydrogens is 529 g/mol. The largest absolute Gasteiger partial charge is 0.417 e. The lowest BCUT2D eigenvalue weighted by molar-refractivity contribution is -0.137. The van der Waals surface area contributed by atoms with Crippen LogP contribution in [0, 0.1) is 0 Å². The Balaban J connectivity index is 1.14. The van der Waals surface area contributed by atoms with Gasteiger partial charge >= 0.3 is 6.18 Å². The summed E-state index contributed by atoms with van der Waals surface area (Å²) in [5.41, 5.74) is 0.881. The Bertz CT molecular complexity index is 1410. The highest BCUT2D eigenvalue weighted by Gasteiger charge is 2.33. The molecule has 3 N–H and O–H groups in total. The molecular formula is C27H25F3N6O2S. The summed E-state index contributed by atoms with van der Waals surface area (Å²) in [5, 5.41) is 8.64. The van der Waals surface area contributed by atoms with Crippen LogP contribution in [-0.4, -0.2) is 38.2 Å². The Morgan fingerprint density at radius 1 is 0.974 bits per heavy atom. The van der Waals surface area contributed by atoms with Crippen LogP contribution in [-0.2, 0) is 17.5 Å². The van der Waals surface area contributed by atoms with Gasteiger partial charge in [0.1, 0.15) is 0 Å². The third kappa shape index (κ3) is 6.82. The first-order chi connectivity index (χ1) is 18.7. The number of hydrogen-bond acceptors (Lipinski definition) is 8. The number of benzene rings is 1. The summed E-state index contributed by atoms with van der Waals surface area (Å²) in [7, 11) is 0. The molecule has 3 heterocycles. The molecule has 1 saturated carbocycles. The molecule has 2 aromatic heterocycles. The normalized spacial score (nSPS) is 20.7. The predicted octanol–water partition coefficient (Wildman–Crippen LogP) is 5.39. The van der Waals surface area contributed by atoms with Crippen LogP contribution in [0.15, 0.2) is 59.6 Å². The summed E-state index contributed by atoms with van der Waals surface area (Å²) in [6, 6.07) is 12.7. The monoisotopic (exact) mass is 554 g/mol. The van der Waals surface area contributed by atoms with Gasteiger partial charge in [-0.3, -0.25) is 19.9 Å². The second-order valence-electron chi connectivity index (χ2n) is 9.29. The number of nitrogens with one attached hydrogen (secondary N) is 3. The summed E-state index contributed by atoms with van der Waals surface area (Å²) in [6.45, 7) is 0.457. The van der Waals surface area contributed by atoms with Crippen molar-refractivity contribution in [3.63, 3.8) is 0 Å². The van der Waals surface area contributed by atoms with E-state index >= 15 is 0 Å². The van der Waals surface area contributed by atoms with Crippen LogP contribution in [0.25, 0.3) is 17.3 Å². The quantitative estimate of drug-likeness (QED) is 0.334. The van der Waals surface area contributed by atoms with Crippen molar-refractivity contribution in [2.75, 3.05) is 5.32 Å². The molecule has 0 unspecified atom stereocenters. The summed E-state index contributed by atoms with van der Waals surface area (Å²) >= 11 is 0.838. The van der Waals surface area contributed by atoms with Gasteiger partial charge in [-0.1, -0.05) is 24.3 Å². The number of halogens is 3.